The van der Waals surface area contributed by atoms with E-state index in [1.807, 2.05) is 36.4 Å². The minimum absolute atomic E-state index is 0. The summed E-state index contributed by atoms with van der Waals surface area (Å²) in [4.78, 5) is 15.2. The second kappa shape index (κ2) is 10.2. The summed E-state index contributed by atoms with van der Waals surface area (Å²) < 4.78 is 6.21. The van der Waals surface area contributed by atoms with E-state index >= 15 is 0 Å². The van der Waals surface area contributed by atoms with Crippen LogP contribution in [0.3, 0.4) is 0 Å². The molecule has 0 atom stereocenters. The van der Waals surface area contributed by atoms with Gasteiger partial charge in [0.2, 0.25) is 0 Å². The van der Waals surface area contributed by atoms with Gasteiger partial charge in [-0.1, -0.05) is 133 Å². The molecule has 214 valence electrons. The van der Waals surface area contributed by atoms with E-state index in [0.717, 1.165) is 49.6 Å². The summed E-state index contributed by atoms with van der Waals surface area (Å²) in [6, 6.07) is 52.3. The number of hydrogen-bond donors (Lipinski definition) is 0. The van der Waals surface area contributed by atoms with Gasteiger partial charge in [-0.25, -0.2) is 15.0 Å². The summed E-state index contributed by atoms with van der Waals surface area (Å²) >= 11 is 0. The minimum Gasteiger partial charge on any atom is -1.00 e. The maximum absolute atomic E-state index is 6.21. The third kappa shape index (κ3) is 4.35. The van der Waals surface area contributed by atoms with Crippen molar-refractivity contribution in [2.24, 2.45) is 0 Å². The van der Waals surface area contributed by atoms with Crippen LogP contribution in [0.2, 0.25) is 0 Å². The van der Waals surface area contributed by atoms with E-state index in [1.54, 1.807) is 0 Å². The molecule has 2 aromatic heterocycles. The lowest BCUT2D eigenvalue weighted by Crippen LogP contribution is -2.00. The summed E-state index contributed by atoms with van der Waals surface area (Å²) in [5.74, 6) is 1.86. The van der Waals surface area contributed by atoms with Crippen molar-refractivity contribution in [3.63, 3.8) is 0 Å². The quantitative estimate of drug-likeness (QED) is 0.195. The fraction of sp³-hybridized carbons (Fsp3) is 0. The second-order valence-electron chi connectivity index (χ2n) is 11.2. The molecule has 0 saturated heterocycles. The number of hydrogen-bond acceptors (Lipinski definition) is 4. The van der Waals surface area contributed by atoms with E-state index in [4.69, 9.17) is 19.4 Å². The summed E-state index contributed by atoms with van der Waals surface area (Å²) in [5, 5.41) is 6.84. The van der Waals surface area contributed by atoms with E-state index in [9.17, 15) is 0 Å². The molecule has 7 aromatic carbocycles. The lowest BCUT2D eigenvalue weighted by Gasteiger charge is -2.11. The Kier molecular flexibility index (Phi) is 5.78. The molecule has 2 heterocycles. The van der Waals surface area contributed by atoms with Gasteiger partial charge in [0, 0.05) is 27.5 Å². The zero-order valence-corrected chi connectivity index (χ0v) is 24.2. The Balaban J connectivity index is 0.00000176. The molecule has 0 spiro atoms. The normalized spacial score (nSPS) is 11.6. The highest BCUT2D eigenvalue weighted by Gasteiger charge is 2.18. The van der Waals surface area contributed by atoms with Crippen LogP contribution in [0.15, 0.2) is 156 Å². The first-order valence-corrected chi connectivity index (χ1v) is 15.0. The topological polar surface area (TPSA) is 51.8 Å². The largest absolute Gasteiger partial charge is 1.00 e. The zero-order chi connectivity index (χ0) is 29.7. The first-order valence-electron chi connectivity index (χ1n) is 15.0. The second-order valence-corrected chi connectivity index (χ2v) is 11.2. The third-order valence-electron chi connectivity index (χ3n) is 8.53. The lowest BCUT2D eigenvalue weighted by molar-refractivity contribution is 0.669. The van der Waals surface area contributed by atoms with Crippen molar-refractivity contribution in [3.05, 3.63) is 152 Å². The number of nitrogens with zero attached hydrogens (tertiary/aromatic N) is 3. The fourth-order valence-corrected chi connectivity index (χ4v) is 6.31. The van der Waals surface area contributed by atoms with Crippen LogP contribution in [-0.2, 0) is 0 Å². The van der Waals surface area contributed by atoms with Crippen LogP contribution in [0.5, 0.6) is 0 Å². The highest BCUT2D eigenvalue weighted by molar-refractivity contribution is 6.12. The zero-order valence-electron chi connectivity index (χ0n) is 26.2. The Morgan fingerprint density at radius 3 is 1.84 bits per heavy atom. The van der Waals surface area contributed by atoms with Crippen LogP contribution >= 0.6 is 0 Å². The van der Waals surface area contributed by atoms with Gasteiger partial charge in [0.1, 0.15) is 11.2 Å². The van der Waals surface area contributed by atoms with Gasteiger partial charge in [-0.3, -0.25) is 0 Å². The Hall–Kier alpha value is -6.13. The van der Waals surface area contributed by atoms with E-state index in [-0.39, 0.29) is 2.85 Å². The SMILES string of the molecule is [H-].[H-].c1ccc(-c2ccc(-c3nc(-c4ccc5c(ccc6ccccc65)c4)nc(-c4cccc5oc6ccccc6c45)n3)cc2)cc1. The van der Waals surface area contributed by atoms with Gasteiger partial charge in [-0.15, -0.1) is 0 Å². The number of rotatable bonds is 4. The van der Waals surface area contributed by atoms with Crippen molar-refractivity contribution in [1.29, 1.82) is 0 Å². The van der Waals surface area contributed by atoms with Crippen LogP contribution in [-0.4, -0.2) is 15.0 Å². The molecule has 0 radical (unpaired) electrons. The molecular formula is C41H27N3O-2. The van der Waals surface area contributed by atoms with Crippen molar-refractivity contribution >= 4 is 43.5 Å². The van der Waals surface area contributed by atoms with Crippen LogP contribution < -0.4 is 0 Å². The maximum Gasteiger partial charge on any atom is 0.164 e. The molecule has 0 saturated carbocycles. The molecule has 0 amide bonds. The maximum atomic E-state index is 6.21. The number of para-hydroxylation sites is 1. The Bertz CT molecular complexity index is 2540. The van der Waals surface area contributed by atoms with E-state index in [1.165, 1.54) is 21.7 Å². The number of aromatic nitrogens is 3. The van der Waals surface area contributed by atoms with Crippen molar-refractivity contribution in [2.45, 2.75) is 0 Å². The fourth-order valence-electron chi connectivity index (χ4n) is 6.31. The van der Waals surface area contributed by atoms with Crippen molar-refractivity contribution in [1.82, 2.24) is 15.0 Å². The van der Waals surface area contributed by atoms with Gasteiger partial charge in [0.15, 0.2) is 17.5 Å². The number of benzene rings is 7. The highest BCUT2D eigenvalue weighted by Crippen LogP contribution is 2.37. The van der Waals surface area contributed by atoms with Crippen LogP contribution in [0, 0.1) is 0 Å². The predicted molar refractivity (Wildman–Crippen MR) is 186 cm³/mol. The van der Waals surface area contributed by atoms with Crippen LogP contribution in [0.4, 0.5) is 0 Å². The summed E-state index contributed by atoms with van der Waals surface area (Å²) in [5.41, 5.74) is 6.74. The Morgan fingerprint density at radius 1 is 0.378 bits per heavy atom. The molecule has 9 rings (SSSR count). The smallest absolute Gasteiger partial charge is 0.164 e. The average Bonchev–Trinajstić information content (AvgIpc) is 3.51. The molecule has 0 bridgehead atoms. The highest BCUT2D eigenvalue weighted by atomic mass is 16.3. The van der Waals surface area contributed by atoms with Crippen molar-refractivity contribution < 1.29 is 7.27 Å². The molecule has 0 aliphatic carbocycles. The van der Waals surface area contributed by atoms with Gasteiger partial charge >= 0.3 is 0 Å². The van der Waals surface area contributed by atoms with Gasteiger partial charge < -0.3 is 7.27 Å². The standard InChI is InChI=1S/C41H25N3O.2H/c1-2-9-26(10-3-1)27-17-20-29(21-18-27)39-42-40(31-23-24-33-30(25-31)22-19-28-11-4-5-12-32(28)33)44-41(43-39)35-14-8-16-37-38(35)34-13-6-7-15-36(34)45-37;;/h1-25H;;/q;2*-1. The molecule has 0 N–H and O–H groups in total. The molecule has 45 heavy (non-hydrogen) atoms. The molecule has 0 aliphatic heterocycles. The minimum atomic E-state index is 0. The summed E-state index contributed by atoms with van der Waals surface area (Å²) in [7, 11) is 0. The van der Waals surface area contributed by atoms with Gasteiger partial charge in [0.25, 0.3) is 0 Å². The van der Waals surface area contributed by atoms with Crippen molar-refractivity contribution in [3.8, 4) is 45.3 Å². The first kappa shape index (κ1) is 25.4. The summed E-state index contributed by atoms with van der Waals surface area (Å²) in [6.45, 7) is 0. The molecule has 4 nitrogen and oxygen atoms in total. The molecule has 4 heteroatoms. The molecular weight excluding hydrogens is 550 g/mol. The van der Waals surface area contributed by atoms with Crippen molar-refractivity contribution in [2.75, 3.05) is 0 Å². The van der Waals surface area contributed by atoms with E-state index in [2.05, 4.69) is 115 Å². The van der Waals surface area contributed by atoms with Crippen LogP contribution in [0.25, 0.3) is 88.8 Å². The molecule has 0 aliphatic rings. The number of fused-ring (bicyclic) bond motifs is 6. The molecule has 0 fully saturated rings. The van der Waals surface area contributed by atoms with Crippen LogP contribution in [0.1, 0.15) is 2.85 Å². The Morgan fingerprint density at radius 2 is 0.978 bits per heavy atom. The van der Waals surface area contributed by atoms with Gasteiger partial charge in [0.05, 0.1) is 0 Å². The van der Waals surface area contributed by atoms with Gasteiger partial charge in [-0.05, 0) is 50.9 Å². The van der Waals surface area contributed by atoms with Gasteiger partial charge in [-0.2, -0.15) is 0 Å². The third-order valence-corrected chi connectivity index (χ3v) is 8.53. The van der Waals surface area contributed by atoms with E-state index in [0.29, 0.717) is 17.5 Å². The average molecular weight is 578 g/mol. The summed E-state index contributed by atoms with van der Waals surface area (Å²) in [6.07, 6.45) is 0. The predicted octanol–water partition coefficient (Wildman–Crippen LogP) is 11.0. The Labute approximate surface area is 262 Å². The number of furan rings is 1. The van der Waals surface area contributed by atoms with E-state index < -0.39 is 0 Å². The monoisotopic (exact) mass is 577 g/mol. The molecule has 9 aromatic rings. The lowest BCUT2D eigenvalue weighted by atomic mass is 10.00. The first-order chi connectivity index (χ1) is 22.3. The molecule has 0 unspecified atom stereocenters.